The number of rotatable bonds is 5. The second-order valence-electron chi connectivity index (χ2n) is 5.35. The lowest BCUT2D eigenvalue weighted by atomic mass is 10.2. The number of allylic oxidation sites excluding steroid dienone is 1. The van der Waals surface area contributed by atoms with Gasteiger partial charge in [-0.1, -0.05) is 41.6 Å². The standard InChI is InChI=1S/C19H17ClN2O2S/c1-13(20)11-12-25-19-21-17-6-4-3-5-16(17)18(23)22(19)14-7-9-15(24-2)10-8-14/h3-11H,12H2,1-2H3/b13-11+. The lowest BCUT2D eigenvalue weighted by Crippen LogP contribution is -2.21. The van der Waals surface area contributed by atoms with Crippen LogP contribution in [0, 0.1) is 0 Å². The molecule has 0 unspecified atom stereocenters. The monoisotopic (exact) mass is 372 g/mol. The summed E-state index contributed by atoms with van der Waals surface area (Å²) in [6, 6.07) is 14.7. The zero-order valence-electron chi connectivity index (χ0n) is 13.9. The van der Waals surface area contributed by atoms with Crippen LogP contribution in [0.2, 0.25) is 0 Å². The van der Waals surface area contributed by atoms with Gasteiger partial charge in [0.25, 0.3) is 5.56 Å². The Kier molecular flexibility index (Phi) is 5.46. The number of halogens is 1. The minimum atomic E-state index is -0.0927. The van der Waals surface area contributed by atoms with E-state index < -0.39 is 0 Å². The molecule has 128 valence electrons. The van der Waals surface area contributed by atoms with Gasteiger partial charge in [0.1, 0.15) is 5.75 Å². The van der Waals surface area contributed by atoms with Gasteiger partial charge in [0.2, 0.25) is 0 Å². The summed E-state index contributed by atoms with van der Waals surface area (Å²) in [5.74, 6) is 1.37. The van der Waals surface area contributed by atoms with Crippen LogP contribution in [0.5, 0.6) is 5.75 Å². The Morgan fingerprint density at radius 3 is 2.64 bits per heavy atom. The first-order valence-corrected chi connectivity index (χ1v) is 9.08. The fourth-order valence-electron chi connectivity index (χ4n) is 2.40. The first-order valence-electron chi connectivity index (χ1n) is 7.71. The van der Waals surface area contributed by atoms with E-state index in [0.29, 0.717) is 26.8 Å². The van der Waals surface area contributed by atoms with E-state index in [1.54, 1.807) is 17.7 Å². The van der Waals surface area contributed by atoms with Gasteiger partial charge in [-0.05, 0) is 43.3 Å². The number of aromatic nitrogens is 2. The van der Waals surface area contributed by atoms with Gasteiger partial charge in [0, 0.05) is 10.8 Å². The number of hydrogen-bond acceptors (Lipinski definition) is 4. The van der Waals surface area contributed by atoms with Crippen LogP contribution < -0.4 is 10.3 Å². The SMILES string of the molecule is COc1ccc(-n2c(SC/C=C(\C)Cl)nc3ccccc3c2=O)cc1. The van der Waals surface area contributed by atoms with E-state index in [1.807, 2.05) is 55.5 Å². The first-order chi connectivity index (χ1) is 12.1. The van der Waals surface area contributed by atoms with Crippen molar-refractivity contribution in [1.29, 1.82) is 0 Å². The molecule has 0 amide bonds. The fraction of sp³-hybridized carbons (Fsp3) is 0.158. The topological polar surface area (TPSA) is 44.1 Å². The highest BCUT2D eigenvalue weighted by Crippen LogP contribution is 2.23. The Morgan fingerprint density at radius 2 is 1.96 bits per heavy atom. The second kappa shape index (κ2) is 7.76. The molecule has 6 heteroatoms. The van der Waals surface area contributed by atoms with Crippen LogP contribution in [0.4, 0.5) is 0 Å². The Balaban J connectivity index is 2.16. The Hall–Kier alpha value is -2.24. The van der Waals surface area contributed by atoms with E-state index in [-0.39, 0.29) is 5.56 Å². The van der Waals surface area contributed by atoms with Crippen molar-refractivity contribution in [3.05, 3.63) is 70.0 Å². The van der Waals surface area contributed by atoms with Crippen molar-refractivity contribution < 1.29 is 4.74 Å². The molecule has 1 aromatic heterocycles. The zero-order valence-corrected chi connectivity index (χ0v) is 15.5. The van der Waals surface area contributed by atoms with E-state index in [0.717, 1.165) is 11.4 Å². The molecule has 0 aliphatic carbocycles. The Bertz CT molecular complexity index is 977. The van der Waals surface area contributed by atoms with Crippen molar-refractivity contribution in [3.63, 3.8) is 0 Å². The zero-order chi connectivity index (χ0) is 17.8. The molecule has 1 heterocycles. The maximum atomic E-state index is 13.0. The van der Waals surface area contributed by atoms with Gasteiger partial charge in [-0.3, -0.25) is 9.36 Å². The average molecular weight is 373 g/mol. The van der Waals surface area contributed by atoms with Crippen LogP contribution in [-0.4, -0.2) is 22.4 Å². The summed E-state index contributed by atoms with van der Waals surface area (Å²) in [4.78, 5) is 17.7. The third-order valence-electron chi connectivity index (χ3n) is 3.65. The lowest BCUT2D eigenvalue weighted by molar-refractivity contribution is 0.414. The van der Waals surface area contributed by atoms with E-state index >= 15 is 0 Å². The summed E-state index contributed by atoms with van der Waals surface area (Å²) in [5.41, 5.74) is 1.34. The van der Waals surface area contributed by atoms with Crippen molar-refractivity contribution in [2.45, 2.75) is 12.1 Å². The third-order valence-corrected chi connectivity index (χ3v) is 4.67. The van der Waals surface area contributed by atoms with Crippen LogP contribution >= 0.6 is 23.4 Å². The second-order valence-corrected chi connectivity index (χ2v) is 6.94. The predicted octanol–water partition coefficient (Wildman–Crippen LogP) is 4.63. The van der Waals surface area contributed by atoms with Crippen LogP contribution in [0.25, 0.3) is 16.6 Å². The van der Waals surface area contributed by atoms with E-state index in [9.17, 15) is 4.79 Å². The summed E-state index contributed by atoms with van der Waals surface area (Å²) in [6.45, 7) is 1.83. The van der Waals surface area contributed by atoms with Crippen molar-refractivity contribution in [2.24, 2.45) is 0 Å². The van der Waals surface area contributed by atoms with Gasteiger partial charge in [0.15, 0.2) is 5.16 Å². The molecule has 0 radical (unpaired) electrons. The summed E-state index contributed by atoms with van der Waals surface area (Å²) in [5, 5.41) is 1.93. The normalized spacial score (nSPS) is 11.7. The average Bonchev–Trinajstić information content (AvgIpc) is 2.62. The van der Waals surface area contributed by atoms with Gasteiger partial charge < -0.3 is 4.74 Å². The van der Waals surface area contributed by atoms with Crippen LogP contribution in [-0.2, 0) is 0 Å². The van der Waals surface area contributed by atoms with Crippen molar-refractivity contribution in [3.8, 4) is 11.4 Å². The van der Waals surface area contributed by atoms with Crippen LogP contribution in [0.1, 0.15) is 6.92 Å². The van der Waals surface area contributed by atoms with Gasteiger partial charge >= 0.3 is 0 Å². The number of thioether (sulfide) groups is 1. The van der Waals surface area contributed by atoms with Gasteiger partial charge in [-0.15, -0.1) is 0 Å². The Labute approximate surface area is 155 Å². The van der Waals surface area contributed by atoms with E-state index in [2.05, 4.69) is 4.98 Å². The molecule has 0 atom stereocenters. The Morgan fingerprint density at radius 1 is 1.24 bits per heavy atom. The van der Waals surface area contributed by atoms with Crippen LogP contribution in [0.15, 0.2) is 69.6 Å². The number of nitrogens with zero attached hydrogens (tertiary/aromatic N) is 2. The van der Waals surface area contributed by atoms with Crippen molar-refractivity contribution >= 4 is 34.3 Å². The number of para-hydroxylation sites is 1. The highest BCUT2D eigenvalue weighted by molar-refractivity contribution is 7.99. The molecular weight excluding hydrogens is 356 g/mol. The minimum absolute atomic E-state index is 0.0927. The highest BCUT2D eigenvalue weighted by Gasteiger charge is 2.13. The molecule has 0 aliphatic rings. The predicted molar refractivity (Wildman–Crippen MR) is 104 cm³/mol. The number of fused-ring (bicyclic) bond motifs is 1. The highest BCUT2D eigenvalue weighted by atomic mass is 35.5. The molecule has 0 bridgehead atoms. The molecule has 0 aliphatic heterocycles. The smallest absolute Gasteiger partial charge is 0.266 e. The molecule has 25 heavy (non-hydrogen) atoms. The summed E-state index contributed by atoms with van der Waals surface area (Å²) < 4.78 is 6.83. The van der Waals surface area contributed by atoms with Crippen molar-refractivity contribution in [1.82, 2.24) is 9.55 Å². The van der Waals surface area contributed by atoms with Gasteiger partial charge in [-0.25, -0.2) is 4.98 Å². The summed E-state index contributed by atoms with van der Waals surface area (Å²) in [6.07, 6.45) is 1.89. The summed E-state index contributed by atoms with van der Waals surface area (Å²) >= 11 is 7.37. The minimum Gasteiger partial charge on any atom is -0.497 e. The molecule has 3 aromatic rings. The molecule has 4 nitrogen and oxygen atoms in total. The van der Waals surface area contributed by atoms with Gasteiger partial charge in [0.05, 0.1) is 23.7 Å². The quantitative estimate of drug-likeness (QED) is 0.484. The number of ether oxygens (including phenoxy) is 1. The number of methoxy groups -OCH3 is 1. The number of hydrogen-bond donors (Lipinski definition) is 0. The molecule has 0 fully saturated rings. The molecule has 2 aromatic carbocycles. The number of benzene rings is 2. The molecule has 0 spiro atoms. The maximum absolute atomic E-state index is 13.0. The maximum Gasteiger partial charge on any atom is 0.266 e. The van der Waals surface area contributed by atoms with Gasteiger partial charge in [-0.2, -0.15) is 0 Å². The summed E-state index contributed by atoms with van der Waals surface area (Å²) in [7, 11) is 1.61. The largest absolute Gasteiger partial charge is 0.497 e. The van der Waals surface area contributed by atoms with Crippen molar-refractivity contribution in [2.75, 3.05) is 12.9 Å². The fourth-order valence-corrected chi connectivity index (χ4v) is 3.53. The molecule has 0 saturated carbocycles. The first kappa shape index (κ1) is 17.6. The lowest BCUT2D eigenvalue weighted by Gasteiger charge is -2.13. The van der Waals surface area contributed by atoms with E-state index in [4.69, 9.17) is 16.3 Å². The van der Waals surface area contributed by atoms with Crippen LogP contribution in [0.3, 0.4) is 0 Å². The molecular formula is C19H17ClN2O2S. The molecule has 0 N–H and O–H groups in total. The third kappa shape index (κ3) is 3.89. The molecule has 3 rings (SSSR count). The van der Waals surface area contributed by atoms with E-state index in [1.165, 1.54) is 11.8 Å². The molecule has 0 saturated heterocycles.